The van der Waals surface area contributed by atoms with Crippen molar-refractivity contribution in [3.63, 3.8) is 0 Å². The molecule has 0 bridgehead atoms. The largest absolute Gasteiger partial charge is 0.461 e. The summed E-state index contributed by atoms with van der Waals surface area (Å²) in [6.45, 7) is 8.69. The Kier molecular flexibility index (Phi) is 6.08. The minimum absolute atomic E-state index is 0.0427. The van der Waals surface area contributed by atoms with Gasteiger partial charge in [0.2, 0.25) is 0 Å². The predicted molar refractivity (Wildman–Crippen MR) is 96.8 cm³/mol. The predicted octanol–water partition coefficient (Wildman–Crippen LogP) is 4.18. The fraction of sp³-hybridized carbons (Fsp3) is 0.474. The topological polar surface area (TPSA) is 69.6 Å². The Morgan fingerprint density at radius 2 is 1.93 bits per heavy atom. The van der Waals surface area contributed by atoms with Crippen LogP contribution in [0.3, 0.4) is 0 Å². The third-order valence-electron chi connectivity index (χ3n) is 3.76. The van der Waals surface area contributed by atoms with E-state index in [1.165, 1.54) is 16.7 Å². The molecule has 1 aromatic carbocycles. The maximum atomic E-state index is 14.4. The second-order valence-corrected chi connectivity index (χ2v) is 7.15. The van der Waals surface area contributed by atoms with Crippen LogP contribution < -0.4 is 5.32 Å². The molecule has 1 amide bonds. The first kappa shape index (κ1) is 20.7. The summed E-state index contributed by atoms with van der Waals surface area (Å²) in [7, 11) is 0. The molecule has 0 fully saturated rings. The van der Waals surface area contributed by atoms with Gasteiger partial charge in [0.1, 0.15) is 11.3 Å². The van der Waals surface area contributed by atoms with Crippen molar-refractivity contribution in [2.75, 3.05) is 13.2 Å². The van der Waals surface area contributed by atoms with Gasteiger partial charge in [0, 0.05) is 18.0 Å². The van der Waals surface area contributed by atoms with Gasteiger partial charge < -0.3 is 19.4 Å². The number of carbonyl (C=O) groups is 2. The first-order valence-electron chi connectivity index (χ1n) is 8.68. The SMILES string of the molecule is CCOC(=O)c1cc2ccc(F)c(F)c2n1C(C)CNC(=O)OC(C)(C)C. The van der Waals surface area contributed by atoms with Crippen molar-refractivity contribution in [2.45, 2.75) is 46.3 Å². The van der Waals surface area contributed by atoms with E-state index in [4.69, 9.17) is 9.47 Å². The van der Waals surface area contributed by atoms with E-state index in [-0.39, 0.29) is 24.4 Å². The molecule has 1 N–H and O–H groups in total. The lowest BCUT2D eigenvalue weighted by Crippen LogP contribution is -2.35. The molecule has 27 heavy (non-hydrogen) atoms. The van der Waals surface area contributed by atoms with Gasteiger partial charge in [-0.05, 0) is 52.8 Å². The van der Waals surface area contributed by atoms with Crippen LogP contribution >= 0.6 is 0 Å². The first-order chi connectivity index (χ1) is 12.5. The van der Waals surface area contributed by atoms with Gasteiger partial charge in [-0.2, -0.15) is 0 Å². The third-order valence-corrected chi connectivity index (χ3v) is 3.76. The summed E-state index contributed by atoms with van der Waals surface area (Å²) in [6.07, 6.45) is -0.643. The quantitative estimate of drug-likeness (QED) is 0.788. The van der Waals surface area contributed by atoms with Crippen LogP contribution in [0.15, 0.2) is 18.2 Å². The number of aromatic nitrogens is 1. The fourth-order valence-electron chi connectivity index (χ4n) is 2.71. The normalized spacial score (nSPS) is 12.7. The standard InChI is InChI=1S/C19H24F2N2O4/c1-6-26-17(24)14-9-12-7-8-13(20)15(21)16(12)23(14)11(2)10-22-18(25)27-19(3,4)5/h7-9,11H,6,10H2,1-5H3,(H,22,25). The smallest absolute Gasteiger partial charge is 0.407 e. The van der Waals surface area contributed by atoms with Crippen molar-refractivity contribution in [1.29, 1.82) is 0 Å². The number of hydrogen-bond donors (Lipinski definition) is 1. The molecule has 1 unspecified atom stereocenters. The van der Waals surface area contributed by atoms with Crippen LogP contribution in [0.1, 0.15) is 51.1 Å². The Hall–Kier alpha value is -2.64. The molecule has 8 heteroatoms. The highest BCUT2D eigenvalue weighted by Crippen LogP contribution is 2.28. The second-order valence-electron chi connectivity index (χ2n) is 7.15. The van der Waals surface area contributed by atoms with Crippen molar-refractivity contribution in [3.8, 4) is 0 Å². The molecule has 1 aromatic heterocycles. The first-order valence-corrected chi connectivity index (χ1v) is 8.68. The summed E-state index contributed by atoms with van der Waals surface area (Å²) < 4.78 is 39.7. The number of rotatable bonds is 5. The van der Waals surface area contributed by atoms with Gasteiger partial charge in [-0.15, -0.1) is 0 Å². The molecule has 2 aromatic rings. The Bertz CT molecular complexity index is 855. The number of ether oxygens (including phenoxy) is 2. The van der Waals surface area contributed by atoms with Crippen LogP contribution in [-0.4, -0.2) is 35.4 Å². The average molecular weight is 382 g/mol. The Morgan fingerprint density at radius 3 is 2.52 bits per heavy atom. The molecule has 0 aliphatic rings. The number of carbonyl (C=O) groups excluding carboxylic acids is 2. The third kappa shape index (κ3) is 4.75. The van der Waals surface area contributed by atoms with E-state index in [1.54, 1.807) is 34.6 Å². The minimum Gasteiger partial charge on any atom is -0.461 e. The molecule has 1 heterocycles. The molecule has 0 radical (unpaired) electrons. The van der Waals surface area contributed by atoms with Gasteiger partial charge in [-0.25, -0.2) is 18.4 Å². The van der Waals surface area contributed by atoms with Crippen LogP contribution in [0.2, 0.25) is 0 Å². The number of nitrogens with zero attached hydrogens (tertiary/aromatic N) is 1. The number of amides is 1. The van der Waals surface area contributed by atoms with Gasteiger partial charge in [0.05, 0.1) is 12.1 Å². The number of esters is 1. The van der Waals surface area contributed by atoms with Crippen LogP contribution in [0, 0.1) is 11.6 Å². The zero-order chi connectivity index (χ0) is 20.4. The summed E-state index contributed by atoms with van der Waals surface area (Å²) in [5.74, 6) is -2.74. The zero-order valence-electron chi connectivity index (χ0n) is 16.1. The monoisotopic (exact) mass is 382 g/mol. The van der Waals surface area contributed by atoms with Crippen molar-refractivity contribution in [2.24, 2.45) is 0 Å². The molecule has 0 aliphatic heterocycles. The summed E-state index contributed by atoms with van der Waals surface area (Å²) in [5, 5.41) is 2.94. The molecule has 0 saturated carbocycles. The van der Waals surface area contributed by atoms with Gasteiger partial charge >= 0.3 is 12.1 Å². The summed E-state index contributed by atoms with van der Waals surface area (Å²) in [5.41, 5.74) is -0.648. The van der Waals surface area contributed by atoms with Crippen LogP contribution in [0.4, 0.5) is 13.6 Å². The van der Waals surface area contributed by atoms with Crippen molar-refractivity contribution >= 4 is 23.0 Å². The number of benzene rings is 1. The number of fused-ring (bicyclic) bond motifs is 1. The highest BCUT2D eigenvalue weighted by atomic mass is 19.2. The zero-order valence-corrected chi connectivity index (χ0v) is 16.1. The molecule has 0 saturated heterocycles. The maximum absolute atomic E-state index is 14.4. The number of alkyl carbamates (subject to hydrolysis) is 1. The highest BCUT2D eigenvalue weighted by molar-refractivity contribution is 5.96. The molecule has 0 spiro atoms. The van der Waals surface area contributed by atoms with Gasteiger partial charge in [-0.1, -0.05) is 0 Å². The van der Waals surface area contributed by atoms with E-state index in [0.717, 1.165) is 6.07 Å². The maximum Gasteiger partial charge on any atom is 0.407 e. The van der Waals surface area contributed by atoms with E-state index in [1.807, 2.05) is 0 Å². The second kappa shape index (κ2) is 7.94. The lowest BCUT2D eigenvalue weighted by Gasteiger charge is -2.22. The van der Waals surface area contributed by atoms with Crippen molar-refractivity contribution < 1.29 is 27.8 Å². The summed E-state index contributed by atoms with van der Waals surface area (Å²) in [4.78, 5) is 24.2. The molecular weight excluding hydrogens is 358 g/mol. The Labute approximate surface area is 156 Å². The molecule has 2 rings (SSSR count). The van der Waals surface area contributed by atoms with E-state index >= 15 is 0 Å². The molecule has 6 nitrogen and oxygen atoms in total. The van der Waals surface area contributed by atoms with E-state index in [2.05, 4.69) is 5.32 Å². The van der Waals surface area contributed by atoms with Crippen molar-refractivity contribution in [3.05, 3.63) is 35.5 Å². The van der Waals surface area contributed by atoms with Gasteiger partial charge in [0.15, 0.2) is 11.6 Å². The molecule has 0 aliphatic carbocycles. The lowest BCUT2D eigenvalue weighted by molar-refractivity contribution is 0.0512. The summed E-state index contributed by atoms with van der Waals surface area (Å²) >= 11 is 0. The average Bonchev–Trinajstić information content (AvgIpc) is 2.95. The van der Waals surface area contributed by atoms with Crippen LogP contribution in [0.25, 0.3) is 10.9 Å². The van der Waals surface area contributed by atoms with Crippen molar-refractivity contribution in [1.82, 2.24) is 9.88 Å². The minimum atomic E-state index is -1.06. The molecule has 1 atom stereocenters. The lowest BCUT2D eigenvalue weighted by atomic mass is 10.2. The number of nitrogens with one attached hydrogen (secondary N) is 1. The molecular formula is C19H24F2N2O4. The molecule has 148 valence electrons. The Balaban J connectivity index is 2.39. The van der Waals surface area contributed by atoms with Gasteiger partial charge in [-0.3, -0.25) is 0 Å². The summed E-state index contributed by atoms with van der Waals surface area (Å²) in [6, 6.07) is 3.27. The number of halogens is 2. The van der Waals surface area contributed by atoms with E-state index in [0.29, 0.717) is 5.39 Å². The highest BCUT2D eigenvalue weighted by Gasteiger charge is 2.25. The fourth-order valence-corrected chi connectivity index (χ4v) is 2.71. The van der Waals surface area contributed by atoms with E-state index in [9.17, 15) is 18.4 Å². The Morgan fingerprint density at radius 1 is 1.26 bits per heavy atom. The van der Waals surface area contributed by atoms with Crippen LogP contribution in [-0.2, 0) is 9.47 Å². The van der Waals surface area contributed by atoms with Gasteiger partial charge in [0.25, 0.3) is 0 Å². The van der Waals surface area contributed by atoms with Crippen LogP contribution in [0.5, 0.6) is 0 Å². The van der Waals surface area contributed by atoms with E-state index < -0.39 is 35.3 Å². The number of hydrogen-bond acceptors (Lipinski definition) is 4.